The first kappa shape index (κ1) is 17.0. The van der Waals surface area contributed by atoms with Crippen molar-refractivity contribution in [1.82, 2.24) is 9.80 Å². The van der Waals surface area contributed by atoms with E-state index in [1.54, 1.807) is 0 Å². The second-order valence-electron chi connectivity index (χ2n) is 5.78. The fourth-order valence-corrected chi connectivity index (χ4v) is 3.53. The van der Waals surface area contributed by atoms with Crippen LogP contribution in [0.3, 0.4) is 0 Å². The molecule has 0 amide bonds. The number of phenols is 1. The quantitative estimate of drug-likeness (QED) is 0.740. The van der Waals surface area contributed by atoms with Gasteiger partial charge in [0, 0.05) is 28.8 Å². The Bertz CT molecular complexity index is 462. The van der Waals surface area contributed by atoms with E-state index in [1.807, 2.05) is 13.0 Å². The molecule has 0 radical (unpaired) electrons. The first-order valence-electron chi connectivity index (χ1n) is 7.53. The summed E-state index contributed by atoms with van der Waals surface area (Å²) in [5, 5.41) is 10.1. The van der Waals surface area contributed by atoms with Gasteiger partial charge in [0.15, 0.2) is 0 Å². The second kappa shape index (κ2) is 8.31. The molecule has 0 spiro atoms. The molecule has 1 fully saturated rings. The largest absolute Gasteiger partial charge is 0.507 e. The number of rotatable bonds is 6. The van der Waals surface area contributed by atoms with Crippen molar-refractivity contribution in [3.05, 3.63) is 26.8 Å². The third-order valence-electron chi connectivity index (χ3n) is 3.90. The lowest BCUT2D eigenvalue weighted by Crippen LogP contribution is -2.37. The lowest BCUT2D eigenvalue weighted by molar-refractivity contribution is 0.0363. The first-order valence-corrected chi connectivity index (χ1v) is 8.61. The normalized spacial score (nSPS) is 16.6. The summed E-state index contributed by atoms with van der Waals surface area (Å²) in [6.45, 7) is 8.77. The van der Waals surface area contributed by atoms with Crippen LogP contribution in [0.2, 0.25) is 0 Å². The molecule has 1 aliphatic heterocycles. The van der Waals surface area contributed by atoms with Gasteiger partial charge in [-0.3, -0.25) is 4.90 Å². The number of ether oxygens (including phenoxy) is 1. The minimum absolute atomic E-state index is 0.440. The molecule has 1 heterocycles. The first-order chi connectivity index (χ1) is 10.1. The summed E-state index contributed by atoms with van der Waals surface area (Å²) >= 11 is 2.30. The fourth-order valence-electron chi connectivity index (χ4n) is 2.68. The van der Waals surface area contributed by atoms with Crippen LogP contribution >= 0.6 is 22.6 Å². The standard InChI is InChI=1S/C16H25IN2O2/c1-13-10-15(17)11-14(16(13)20)12-18(2)4-3-5-19-6-8-21-9-7-19/h10-11,20H,3-9,12H2,1-2H3. The number of aryl methyl sites for hydroxylation is 1. The number of hydrogen-bond acceptors (Lipinski definition) is 4. The summed E-state index contributed by atoms with van der Waals surface area (Å²) in [6, 6.07) is 4.08. The van der Waals surface area contributed by atoms with E-state index in [1.165, 1.54) is 3.57 Å². The molecule has 0 unspecified atom stereocenters. The summed E-state index contributed by atoms with van der Waals surface area (Å²) in [5.74, 6) is 0.440. The molecule has 2 rings (SSSR count). The molecule has 1 N–H and O–H groups in total. The van der Waals surface area contributed by atoms with Crippen LogP contribution in [0.25, 0.3) is 0 Å². The molecule has 0 aromatic heterocycles. The van der Waals surface area contributed by atoms with Gasteiger partial charge in [0.05, 0.1) is 13.2 Å². The molecule has 1 aromatic carbocycles. The number of phenolic OH excluding ortho intramolecular Hbond substituents is 1. The number of benzene rings is 1. The van der Waals surface area contributed by atoms with Crippen molar-refractivity contribution in [2.24, 2.45) is 0 Å². The summed E-state index contributed by atoms with van der Waals surface area (Å²) < 4.78 is 6.54. The Hall–Kier alpha value is -0.370. The van der Waals surface area contributed by atoms with E-state index in [2.05, 4.69) is 45.5 Å². The van der Waals surface area contributed by atoms with E-state index in [4.69, 9.17) is 4.74 Å². The zero-order valence-corrected chi connectivity index (χ0v) is 15.1. The van der Waals surface area contributed by atoms with Gasteiger partial charge < -0.3 is 14.7 Å². The summed E-state index contributed by atoms with van der Waals surface area (Å²) in [7, 11) is 2.12. The predicted octanol–water partition coefficient (Wildman–Crippen LogP) is 2.46. The molecule has 0 saturated carbocycles. The van der Waals surface area contributed by atoms with Crippen molar-refractivity contribution < 1.29 is 9.84 Å². The molecule has 0 bridgehead atoms. The Labute approximate surface area is 141 Å². The van der Waals surface area contributed by atoms with Crippen LogP contribution in [-0.4, -0.2) is 61.3 Å². The number of nitrogens with zero attached hydrogens (tertiary/aromatic N) is 2. The van der Waals surface area contributed by atoms with Gasteiger partial charge in [0.1, 0.15) is 5.75 Å². The van der Waals surface area contributed by atoms with Crippen molar-refractivity contribution in [2.75, 3.05) is 46.4 Å². The summed E-state index contributed by atoms with van der Waals surface area (Å²) in [6.07, 6.45) is 1.15. The number of hydrogen-bond donors (Lipinski definition) is 1. The smallest absolute Gasteiger partial charge is 0.123 e. The average Bonchev–Trinajstić information content (AvgIpc) is 2.45. The zero-order valence-electron chi connectivity index (χ0n) is 12.9. The molecular formula is C16H25IN2O2. The number of halogens is 1. The highest BCUT2D eigenvalue weighted by Crippen LogP contribution is 2.25. The highest BCUT2D eigenvalue weighted by molar-refractivity contribution is 14.1. The van der Waals surface area contributed by atoms with Crippen molar-refractivity contribution in [1.29, 1.82) is 0 Å². The molecule has 1 aromatic rings. The maximum Gasteiger partial charge on any atom is 0.123 e. The van der Waals surface area contributed by atoms with E-state index in [-0.39, 0.29) is 0 Å². The molecule has 4 nitrogen and oxygen atoms in total. The lowest BCUT2D eigenvalue weighted by atomic mass is 10.1. The van der Waals surface area contributed by atoms with Crippen LogP contribution in [0, 0.1) is 10.5 Å². The minimum atomic E-state index is 0.440. The SMILES string of the molecule is Cc1cc(I)cc(CN(C)CCCN2CCOCC2)c1O. The van der Waals surface area contributed by atoms with Gasteiger partial charge in [0.25, 0.3) is 0 Å². The van der Waals surface area contributed by atoms with E-state index >= 15 is 0 Å². The van der Waals surface area contributed by atoms with Gasteiger partial charge in [-0.2, -0.15) is 0 Å². The van der Waals surface area contributed by atoms with E-state index in [9.17, 15) is 5.11 Å². The molecule has 21 heavy (non-hydrogen) atoms. The van der Waals surface area contributed by atoms with Gasteiger partial charge in [-0.1, -0.05) is 0 Å². The van der Waals surface area contributed by atoms with E-state index in [0.29, 0.717) is 5.75 Å². The van der Waals surface area contributed by atoms with Crippen molar-refractivity contribution in [3.63, 3.8) is 0 Å². The monoisotopic (exact) mass is 404 g/mol. The van der Waals surface area contributed by atoms with Crippen molar-refractivity contribution in [3.8, 4) is 5.75 Å². The Morgan fingerprint density at radius 3 is 2.76 bits per heavy atom. The van der Waals surface area contributed by atoms with Crippen LogP contribution in [0.1, 0.15) is 17.5 Å². The van der Waals surface area contributed by atoms with Crippen LogP contribution in [0.4, 0.5) is 0 Å². The summed E-state index contributed by atoms with van der Waals surface area (Å²) in [5.41, 5.74) is 1.98. The Kier molecular flexibility index (Phi) is 6.73. The van der Waals surface area contributed by atoms with Gasteiger partial charge in [0.2, 0.25) is 0 Å². The Balaban J connectivity index is 1.77. The second-order valence-corrected chi connectivity index (χ2v) is 7.02. The molecule has 118 valence electrons. The van der Waals surface area contributed by atoms with E-state index < -0.39 is 0 Å². The van der Waals surface area contributed by atoms with Crippen molar-refractivity contribution in [2.45, 2.75) is 19.9 Å². The predicted molar refractivity (Wildman–Crippen MR) is 93.8 cm³/mol. The van der Waals surface area contributed by atoms with Gasteiger partial charge >= 0.3 is 0 Å². The minimum Gasteiger partial charge on any atom is -0.507 e. The fraction of sp³-hybridized carbons (Fsp3) is 0.625. The maximum atomic E-state index is 10.1. The Morgan fingerprint density at radius 1 is 1.33 bits per heavy atom. The average molecular weight is 404 g/mol. The maximum absolute atomic E-state index is 10.1. The molecular weight excluding hydrogens is 379 g/mol. The number of morpholine rings is 1. The summed E-state index contributed by atoms with van der Waals surface area (Å²) in [4.78, 5) is 4.75. The zero-order chi connectivity index (χ0) is 15.2. The van der Waals surface area contributed by atoms with Gasteiger partial charge in [-0.15, -0.1) is 0 Å². The highest BCUT2D eigenvalue weighted by Gasteiger charge is 2.11. The molecule has 0 aliphatic carbocycles. The molecule has 0 atom stereocenters. The molecule has 1 saturated heterocycles. The highest BCUT2D eigenvalue weighted by atomic mass is 127. The lowest BCUT2D eigenvalue weighted by Gasteiger charge is -2.27. The van der Waals surface area contributed by atoms with Gasteiger partial charge in [-0.05, 0) is 73.8 Å². The topological polar surface area (TPSA) is 35.9 Å². The van der Waals surface area contributed by atoms with E-state index in [0.717, 1.165) is 63.5 Å². The van der Waals surface area contributed by atoms with Crippen LogP contribution in [-0.2, 0) is 11.3 Å². The third-order valence-corrected chi connectivity index (χ3v) is 4.53. The molecule has 5 heteroatoms. The van der Waals surface area contributed by atoms with Crippen LogP contribution in [0.15, 0.2) is 12.1 Å². The van der Waals surface area contributed by atoms with Gasteiger partial charge in [-0.25, -0.2) is 0 Å². The van der Waals surface area contributed by atoms with Crippen LogP contribution < -0.4 is 0 Å². The van der Waals surface area contributed by atoms with Crippen molar-refractivity contribution >= 4 is 22.6 Å². The Morgan fingerprint density at radius 2 is 2.05 bits per heavy atom. The number of aromatic hydroxyl groups is 1. The van der Waals surface area contributed by atoms with Crippen LogP contribution in [0.5, 0.6) is 5.75 Å². The molecule has 1 aliphatic rings. The third kappa shape index (κ3) is 5.39.